The topological polar surface area (TPSA) is 0 Å². The first-order valence-electron chi connectivity index (χ1n) is 8.63. The number of benzene rings is 3. The first-order valence-corrected chi connectivity index (χ1v) is 12.2. The Kier molecular flexibility index (Phi) is 4.56. The molecule has 0 nitrogen and oxygen atoms in total. The van der Waals surface area contributed by atoms with Crippen molar-refractivity contribution >= 4 is 47.0 Å². The van der Waals surface area contributed by atoms with Crippen LogP contribution in [0.2, 0.25) is 0 Å². The van der Waals surface area contributed by atoms with Gasteiger partial charge in [0, 0.05) is 19.6 Å². The molecule has 2 aliphatic heterocycles. The standard InChI is InChI=1S/C22H18S4/c1-13-3-9-17-19(11-13)25-21(23-17)15-5-7-16(8-6-15)22-24-18-10-4-14(2)12-20(18)26-22/h3-12,21-22H,1-2H3. The first kappa shape index (κ1) is 17.2. The molecule has 0 aliphatic carbocycles. The van der Waals surface area contributed by atoms with Gasteiger partial charge < -0.3 is 0 Å². The zero-order valence-corrected chi connectivity index (χ0v) is 17.8. The highest BCUT2D eigenvalue weighted by Crippen LogP contribution is 2.58. The van der Waals surface area contributed by atoms with Gasteiger partial charge in [-0.3, -0.25) is 0 Å². The summed E-state index contributed by atoms with van der Waals surface area (Å²) in [6.45, 7) is 4.34. The predicted octanol–water partition coefficient (Wildman–Crippen LogP) is 8.10. The molecule has 2 aliphatic rings. The number of fused-ring (bicyclic) bond motifs is 2. The van der Waals surface area contributed by atoms with Crippen LogP contribution in [-0.4, -0.2) is 0 Å². The lowest BCUT2D eigenvalue weighted by Gasteiger charge is -2.12. The van der Waals surface area contributed by atoms with Gasteiger partial charge >= 0.3 is 0 Å². The molecule has 0 amide bonds. The Morgan fingerprint density at radius 3 is 1.31 bits per heavy atom. The Bertz CT molecular complexity index is 897. The second-order valence-corrected chi connectivity index (χ2v) is 11.9. The fourth-order valence-electron chi connectivity index (χ4n) is 3.20. The maximum absolute atomic E-state index is 2.33. The van der Waals surface area contributed by atoms with Crippen molar-refractivity contribution in [3.63, 3.8) is 0 Å². The Labute approximate surface area is 171 Å². The van der Waals surface area contributed by atoms with Gasteiger partial charge in [-0.25, -0.2) is 0 Å². The normalized spacial score (nSPS) is 20.8. The number of hydrogen-bond acceptors (Lipinski definition) is 4. The van der Waals surface area contributed by atoms with Gasteiger partial charge in [0.15, 0.2) is 0 Å². The Morgan fingerprint density at radius 1 is 0.500 bits per heavy atom. The average molecular weight is 411 g/mol. The second-order valence-electron chi connectivity index (χ2n) is 6.70. The summed E-state index contributed by atoms with van der Waals surface area (Å²) in [6.07, 6.45) is 0. The van der Waals surface area contributed by atoms with Gasteiger partial charge in [-0.1, -0.05) is 36.4 Å². The van der Waals surface area contributed by atoms with Crippen molar-refractivity contribution in [2.45, 2.75) is 42.6 Å². The van der Waals surface area contributed by atoms with Crippen LogP contribution in [0.3, 0.4) is 0 Å². The fraction of sp³-hybridized carbons (Fsp3) is 0.182. The van der Waals surface area contributed by atoms with Crippen molar-refractivity contribution < 1.29 is 0 Å². The Morgan fingerprint density at radius 2 is 0.885 bits per heavy atom. The summed E-state index contributed by atoms with van der Waals surface area (Å²) < 4.78 is 0.953. The minimum Gasteiger partial charge on any atom is -0.105 e. The highest BCUT2D eigenvalue weighted by molar-refractivity contribution is 8.19. The molecule has 0 saturated heterocycles. The molecule has 3 aromatic carbocycles. The van der Waals surface area contributed by atoms with Crippen molar-refractivity contribution in [2.24, 2.45) is 0 Å². The van der Waals surface area contributed by atoms with E-state index in [4.69, 9.17) is 0 Å². The monoisotopic (exact) mass is 410 g/mol. The third-order valence-electron chi connectivity index (χ3n) is 4.62. The Hall–Kier alpha value is -0.940. The molecule has 0 bridgehead atoms. The molecule has 5 rings (SSSR count). The van der Waals surface area contributed by atoms with Crippen LogP contribution in [0.1, 0.15) is 31.4 Å². The molecule has 0 radical (unpaired) electrons. The largest absolute Gasteiger partial charge is 0.105 e. The molecular formula is C22H18S4. The van der Waals surface area contributed by atoms with Gasteiger partial charge in [0.2, 0.25) is 0 Å². The van der Waals surface area contributed by atoms with Crippen LogP contribution < -0.4 is 0 Å². The van der Waals surface area contributed by atoms with Crippen molar-refractivity contribution in [2.75, 3.05) is 0 Å². The summed E-state index contributed by atoms with van der Waals surface area (Å²) in [5.74, 6) is 0. The summed E-state index contributed by atoms with van der Waals surface area (Å²) in [4.78, 5) is 5.69. The molecule has 2 heterocycles. The van der Waals surface area contributed by atoms with E-state index in [2.05, 4.69) is 74.5 Å². The lowest BCUT2D eigenvalue weighted by atomic mass is 10.2. The highest BCUT2D eigenvalue weighted by atomic mass is 32.2. The Balaban J connectivity index is 1.33. The van der Waals surface area contributed by atoms with E-state index in [1.807, 2.05) is 47.0 Å². The lowest BCUT2D eigenvalue weighted by Crippen LogP contribution is -1.88. The molecule has 0 saturated carbocycles. The van der Waals surface area contributed by atoms with Gasteiger partial charge in [-0.2, -0.15) is 0 Å². The third-order valence-corrected chi connectivity index (χ3v) is 10.4. The number of rotatable bonds is 2. The zero-order chi connectivity index (χ0) is 17.7. The van der Waals surface area contributed by atoms with Crippen LogP contribution in [0.5, 0.6) is 0 Å². The molecule has 0 spiro atoms. The van der Waals surface area contributed by atoms with Gasteiger partial charge in [-0.15, -0.1) is 47.0 Å². The quantitative estimate of drug-likeness (QED) is 0.418. The molecule has 0 N–H and O–H groups in total. The SMILES string of the molecule is Cc1ccc2c(c1)SC(c1ccc(C3Sc4ccc(C)cc4S3)cc1)S2. The highest BCUT2D eigenvalue weighted by Gasteiger charge is 2.27. The molecule has 2 atom stereocenters. The van der Waals surface area contributed by atoms with E-state index in [1.54, 1.807) is 0 Å². The van der Waals surface area contributed by atoms with Crippen LogP contribution in [0.15, 0.2) is 80.2 Å². The minimum atomic E-state index is 0.476. The van der Waals surface area contributed by atoms with Crippen LogP contribution in [0.25, 0.3) is 0 Å². The maximum atomic E-state index is 2.33. The number of aryl methyl sites for hydroxylation is 2. The van der Waals surface area contributed by atoms with Crippen molar-refractivity contribution in [1.29, 1.82) is 0 Å². The van der Waals surface area contributed by atoms with E-state index in [-0.39, 0.29) is 0 Å². The minimum absolute atomic E-state index is 0.476. The van der Waals surface area contributed by atoms with Crippen molar-refractivity contribution in [1.82, 2.24) is 0 Å². The van der Waals surface area contributed by atoms with Crippen LogP contribution in [0, 0.1) is 13.8 Å². The van der Waals surface area contributed by atoms with Gasteiger partial charge in [-0.05, 0) is 60.4 Å². The molecular weight excluding hydrogens is 393 g/mol. The predicted molar refractivity (Wildman–Crippen MR) is 118 cm³/mol. The van der Waals surface area contributed by atoms with Gasteiger partial charge in [0.25, 0.3) is 0 Å². The number of thioether (sulfide) groups is 4. The maximum Gasteiger partial charge on any atom is 0.0846 e. The molecule has 0 fully saturated rings. The van der Waals surface area contributed by atoms with Crippen LogP contribution in [-0.2, 0) is 0 Å². The number of hydrogen-bond donors (Lipinski definition) is 0. The summed E-state index contributed by atoms with van der Waals surface area (Å²) in [6, 6.07) is 22.9. The van der Waals surface area contributed by atoms with Gasteiger partial charge in [0.05, 0.1) is 9.16 Å². The second kappa shape index (κ2) is 6.90. The molecule has 4 heteroatoms. The summed E-state index contributed by atoms with van der Waals surface area (Å²) >= 11 is 7.93. The smallest absolute Gasteiger partial charge is 0.0846 e. The van der Waals surface area contributed by atoms with Crippen LogP contribution in [0.4, 0.5) is 0 Å². The van der Waals surface area contributed by atoms with E-state index in [9.17, 15) is 0 Å². The third kappa shape index (κ3) is 3.22. The molecule has 2 unspecified atom stereocenters. The first-order chi connectivity index (χ1) is 12.7. The summed E-state index contributed by atoms with van der Waals surface area (Å²) in [5, 5.41) is 0. The summed E-state index contributed by atoms with van der Waals surface area (Å²) in [7, 11) is 0. The van der Waals surface area contributed by atoms with Crippen molar-refractivity contribution in [3.8, 4) is 0 Å². The molecule has 0 aromatic heterocycles. The summed E-state index contributed by atoms with van der Waals surface area (Å²) in [5.41, 5.74) is 5.52. The van der Waals surface area contributed by atoms with E-state index >= 15 is 0 Å². The lowest BCUT2D eigenvalue weighted by molar-refractivity contribution is 1.23. The van der Waals surface area contributed by atoms with E-state index in [1.165, 1.54) is 41.8 Å². The zero-order valence-electron chi connectivity index (χ0n) is 14.6. The van der Waals surface area contributed by atoms with Crippen molar-refractivity contribution in [3.05, 3.63) is 82.9 Å². The molecule has 130 valence electrons. The van der Waals surface area contributed by atoms with Crippen LogP contribution >= 0.6 is 47.0 Å². The fourth-order valence-corrected chi connectivity index (χ4v) is 9.02. The molecule has 3 aromatic rings. The molecule has 26 heavy (non-hydrogen) atoms. The van der Waals surface area contributed by atoms with E-state index in [0.717, 1.165) is 0 Å². The average Bonchev–Trinajstić information content (AvgIpc) is 3.25. The van der Waals surface area contributed by atoms with Gasteiger partial charge in [0.1, 0.15) is 0 Å². The van der Waals surface area contributed by atoms with E-state index < -0.39 is 0 Å². The van der Waals surface area contributed by atoms with E-state index in [0.29, 0.717) is 9.16 Å².